The molecule has 3 aromatic rings. The van der Waals surface area contributed by atoms with Crippen LogP contribution in [-0.4, -0.2) is 17.4 Å². The average molecular weight is 404 g/mol. The number of hydrogen-bond donors (Lipinski definition) is 3. The lowest BCUT2D eigenvalue weighted by Crippen LogP contribution is -2.22. The van der Waals surface area contributed by atoms with Crippen LogP contribution in [0.15, 0.2) is 53.5 Å². The number of nitrogens with one attached hydrogen (secondary N) is 3. The number of rotatable bonds is 2. The van der Waals surface area contributed by atoms with Crippen LogP contribution in [0.25, 0.3) is 10.9 Å². The van der Waals surface area contributed by atoms with Crippen molar-refractivity contribution in [2.24, 2.45) is 0 Å². The third kappa shape index (κ3) is 4.73. The minimum atomic E-state index is -0.393. The van der Waals surface area contributed by atoms with Crippen molar-refractivity contribution in [1.82, 2.24) is 4.98 Å². The number of pyridine rings is 1. The molecule has 1 amide bonds. The third-order valence-corrected chi connectivity index (χ3v) is 5.84. The standard InChI is InChI=1S/C25H29N3O2/c29-24-20-11-7-8-12-22(20)27-17-21(24)25(30)28-19-14-13-18-10-6-4-2-1-3-5-9-15-26-23(18)16-19/h7-8,11-14,16-17,26H,1-6,9-10,15H2,(H,27,29)(H,28,30). The highest BCUT2D eigenvalue weighted by Gasteiger charge is 2.14. The molecule has 30 heavy (non-hydrogen) atoms. The first-order valence-corrected chi connectivity index (χ1v) is 11.0. The summed E-state index contributed by atoms with van der Waals surface area (Å²) in [7, 11) is 0. The molecule has 0 aliphatic carbocycles. The zero-order chi connectivity index (χ0) is 20.8. The molecule has 0 fully saturated rings. The van der Waals surface area contributed by atoms with Crippen molar-refractivity contribution in [3.05, 3.63) is 70.0 Å². The molecule has 0 spiro atoms. The number of aromatic amines is 1. The Balaban J connectivity index is 1.54. The zero-order valence-corrected chi connectivity index (χ0v) is 17.3. The van der Waals surface area contributed by atoms with E-state index >= 15 is 0 Å². The maximum atomic E-state index is 12.8. The Hall–Kier alpha value is -3.08. The summed E-state index contributed by atoms with van der Waals surface area (Å²) in [5, 5.41) is 6.97. The van der Waals surface area contributed by atoms with Crippen LogP contribution in [0.3, 0.4) is 0 Å². The monoisotopic (exact) mass is 403 g/mol. The Morgan fingerprint density at radius 1 is 0.900 bits per heavy atom. The van der Waals surface area contributed by atoms with Crippen molar-refractivity contribution < 1.29 is 4.79 Å². The molecule has 156 valence electrons. The fourth-order valence-electron chi connectivity index (χ4n) is 4.12. The van der Waals surface area contributed by atoms with Gasteiger partial charge in [0.25, 0.3) is 5.91 Å². The Morgan fingerprint density at radius 3 is 2.53 bits per heavy atom. The molecule has 5 nitrogen and oxygen atoms in total. The van der Waals surface area contributed by atoms with Gasteiger partial charge in [0.2, 0.25) is 5.43 Å². The maximum absolute atomic E-state index is 12.8. The lowest BCUT2D eigenvalue weighted by molar-refractivity contribution is 0.102. The number of hydrogen-bond acceptors (Lipinski definition) is 3. The van der Waals surface area contributed by atoms with Gasteiger partial charge in [0, 0.05) is 35.0 Å². The van der Waals surface area contributed by atoms with Gasteiger partial charge in [-0.3, -0.25) is 9.59 Å². The first kappa shape index (κ1) is 20.2. The van der Waals surface area contributed by atoms with Crippen molar-refractivity contribution >= 4 is 28.2 Å². The lowest BCUT2D eigenvalue weighted by atomic mass is 10.0. The number of carbonyl (C=O) groups is 1. The summed E-state index contributed by atoms with van der Waals surface area (Å²) in [5.41, 5.74) is 3.66. The minimum Gasteiger partial charge on any atom is -0.385 e. The van der Waals surface area contributed by atoms with Crippen LogP contribution in [0, 0.1) is 0 Å². The van der Waals surface area contributed by atoms with E-state index in [9.17, 15) is 9.59 Å². The number of benzene rings is 2. The van der Waals surface area contributed by atoms with Gasteiger partial charge >= 0.3 is 0 Å². The van der Waals surface area contributed by atoms with E-state index in [4.69, 9.17) is 0 Å². The smallest absolute Gasteiger partial charge is 0.261 e. The third-order valence-electron chi connectivity index (χ3n) is 5.84. The van der Waals surface area contributed by atoms with E-state index in [1.807, 2.05) is 24.3 Å². The first-order chi connectivity index (χ1) is 14.7. The number of amides is 1. The van der Waals surface area contributed by atoms with Gasteiger partial charge in [-0.05, 0) is 49.1 Å². The molecule has 4 rings (SSSR count). The molecule has 1 aliphatic rings. The molecule has 5 heteroatoms. The van der Waals surface area contributed by atoms with Gasteiger partial charge in [0.05, 0.1) is 0 Å². The molecule has 0 bridgehead atoms. The second kappa shape index (κ2) is 9.61. The fraction of sp³-hybridized carbons (Fsp3) is 0.360. The predicted octanol–water partition coefficient (Wildman–Crippen LogP) is 5.48. The minimum absolute atomic E-state index is 0.120. The Kier molecular flexibility index (Phi) is 6.47. The molecule has 0 atom stereocenters. The molecule has 0 radical (unpaired) electrons. The molecule has 2 aromatic carbocycles. The van der Waals surface area contributed by atoms with Crippen LogP contribution in [-0.2, 0) is 6.42 Å². The second-order valence-corrected chi connectivity index (χ2v) is 8.05. The number of fused-ring (bicyclic) bond motifs is 2. The molecular weight excluding hydrogens is 374 g/mol. The highest BCUT2D eigenvalue weighted by Crippen LogP contribution is 2.24. The van der Waals surface area contributed by atoms with E-state index in [0.717, 1.165) is 30.6 Å². The molecule has 1 aliphatic heterocycles. The molecular formula is C25H29N3O2. The van der Waals surface area contributed by atoms with Crippen LogP contribution in [0.2, 0.25) is 0 Å². The summed E-state index contributed by atoms with van der Waals surface area (Å²) in [4.78, 5) is 28.6. The van der Waals surface area contributed by atoms with E-state index in [1.54, 1.807) is 12.1 Å². The Bertz CT molecular complexity index is 1090. The van der Waals surface area contributed by atoms with Crippen LogP contribution in [0.1, 0.15) is 60.9 Å². The summed E-state index contributed by atoms with van der Waals surface area (Å²) in [6.07, 6.45) is 11.4. The summed E-state index contributed by atoms with van der Waals surface area (Å²) in [6.45, 7) is 0.939. The van der Waals surface area contributed by atoms with Crippen LogP contribution in [0.4, 0.5) is 11.4 Å². The molecule has 1 aromatic heterocycles. The number of aromatic nitrogens is 1. The SMILES string of the molecule is O=C(Nc1ccc2c(c1)NCCCCCCCCC2)c1c[nH]c2ccccc2c1=O. The largest absolute Gasteiger partial charge is 0.385 e. The number of para-hydroxylation sites is 1. The van der Waals surface area contributed by atoms with Gasteiger partial charge in [-0.15, -0.1) is 0 Å². The summed E-state index contributed by atoms with van der Waals surface area (Å²) in [6, 6.07) is 13.2. The summed E-state index contributed by atoms with van der Waals surface area (Å²) in [5.74, 6) is -0.393. The topological polar surface area (TPSA) is 74.0 Å². The first-order valence-electron chi connectivity index (χ1n) is 11.0. The van der Waals surface area contributed by atoms with E-state index in [-0.39, 0.29) is 11.0 Å². The average Bonchev–Trinajstić information content (AvgIpc) is 2.75. The summed E-state index contributed by atoms with van der Waals surface area (Å²) < 4.78 is 0. The highest BCUT2D eigenvalue weighted by molar-refractivity contribution is 6.05. The van der Waals surface area contributed by atoms with Gasteiger partial charge < -0.3 is 15.6 Å². The zero-order valence-electron chi connectivity index (χ0n) is 17.3. The van der Waals surface area contributed by atoms with Crippen LogP contribution in [0.5, 0.6) is 0 Å². The van der Waals surface area contributed by atoms with Crippen molar-refractivity contribution in [2.75, 3.05) is 17.2 Å². The van der Waals surface area contributed by atoms with E-state index in [1.165, 1.54) is 50.3 Å². The highest BCUT2D eigenvalue weighted by atomic mass is 16.2. The van der Waals surface area contributed by atoms with Crippen molar-refractivity contribution in [2.45, 2.75) is 51.4 Å². The second-order valence-electron chi connectivity index (χ2n) is 8.05. The van der Waals surface area contributed by atoms with Crippen molar-refractivity contribution in [3.63, 3.8) is 0 Å². The molecule has 2 heterocycles. The number of carbonyl (C=O) groups excluding carboxylic acids is 1. The van der Waals surface area contributed by atoms with Gasteiger partial charge in [0.1, 0.15) is 5.56 Å². The molecule has 0 saturated carbocycles. The van der Waals surface area contributed by atoms with Gasteiger partial charge in [-0.1, -0.05) is 50.3 Å². The van der Waals surface area contributed by atoms with Crippen LogP contribution < -0.4 is 16.1 Å². The Morgan fingerprint density at radius 2 is 1.67 bits per heavy atom. The van der Waals surface area contributed by atoms with Gasteiger partial charge in [0.15, 0.2) is 0 Å². The van der Waals surface area contributed by atoms with E-state index in [2.05, 4.69) is 21.7 Å². The van der Waals surface area contributed by atoms with E-state index < -0.39 is 5.91 Å². The molecule has 3 N–H and O–H groups in total. The Labute approximate surface area is 176 Å². The number of aryl methyl sites for hydroxylation is 1. The molecule has 0 saturated heterocycles. The normalized spacial score (nSPS) is 15.3. The van der Waals surface area contributed by atoms with Gasteiger partial charge in [-0.25, -0.2) is 0 Å². The van der Waals surface area contributed by atoms with Crippen LogP contribution >= 0.6 is 0 Å². The quantitative estimate of drug-likeness (QED) is 0.530. The van der Waals surface area contributed by atoms with E-state index in [0.29, 0.717) is 11.1 Å². The summed E-state index contributed by atoms with van der Waals surface area (Å²) >= 11 is 0. The lowest BCUT2D eigenvalue weighted by Gasteiger charge is -2.16. The van der Waals surface area contributed by atoms with Crippen molar-refractivity contribution in [3.8, 4) is 0 Å². The predicted molar refractivity (Wildman–Crippen MR) is 123 cm³/mol. The maximum Gasteiger partial charge on any atom is 0.261 e. The fourth-order valence-corrected chi connectivity index (χ4v) is 4.12. The van der Waals surface area contributed by atoms with Crippen molar-refractivity contribution in [1.29, 1.82) is 0 Å². The number of anilines is 2. The van der Waals surface area contributed by atoms with Gasteiger partial charge in [-0.2, -0.15) is 0 Å². The number of H-pyrrole nitrogens is 1. The molecule has 0 unspecified atom stereocenters.